The van der Waals surface area contributed by atoms with E-state index in [2.05, 4.69) is 20.3 Å². The van der Waals surface area contributed by atoms with Gasteiger partial charge in [0.15, 0.2) is 11.6 Å². The van der Waals surface area contributed by atoms with E-state index in [1.54, 1.807) is 0 Å². The predicted molar refractivity (Wildman–Crippen MR) is 62.1 cm³/mol. The van der Waals surface area contributed by atoms with Crippen molar-refractivity contribution in [2.75, 3.05) is 0 Å². The second-order valence-corrected chi connectivity index (χ2v) is 5.02. The molecule has 0 N–H and O–H groups in total. The number of aryl methyl sites for hydroxylation is 2. The fraction of sp³-hybridized carbons (Fsp3) is 0.667. The van der Waals surface area contributed by atoms with E-state index < -0.39 is 0 Å². The van der Waals surface area contributed by atoms with Crippen LogP contribution >= 0.6 is 0 Å². The van der Waals surface area contributed by atoms with Crippen molar-refractivity contribution in [3.05, 3.63) is 23.4 Å². The summed E-state index contributed by atoms with van der Waals surface area (Å²) in [6, 6.07) is 0. The maximum absolute atomic E-state index is 5.19. The van der Waals surface area contributed by atoms with Crippen molar-refractivity contribution in [3.8, 4) is 0 Å². The van der Waals surface area contributed by atoms with Crippen LogP contribution in [0, 0.1) is 0 Å². The summed E-state index contributed by atoms with van der Waals surface area (Å²) in [7, 11) is 0. The molecule has 2 heterocycles. The molecule has 2 aromatic rings. The first-order valence-corrected chi connectivity index (χ1v) is 6.37. The van der Waals surface area contributed by atoms with E-state index in [1.807, 2.05) is 13.8 Å². The monoisotopic (exact) mass is 248 g/mol. The molecule has 1 fully saturated rings. The highest BCUT2D eigenvalue weighted by Crippen LogP contribution is 2.38. The number of aromatic nitrogens is 4. The Morgan fingerprint density at radius 2 is 1.72 bits per heavy atom. The number of hydrogen-bond donors (Lipinski definition) is 0. The van der Waals surface area contributed by atoms with Crippen molar-refractivity contribution in [1.29, 1.82) is 0 Å². The van der Waals surface area contributed by atoms with Gasteiger partial charge in [-0.25, -0.2) is 0 Å². The van der Waals surface area contributed by atoms with Crippen LogP contribution in [0.1, 0.15) is 62.0 Å². The highest BCUT2D eigenvalue weighted by atomic mass is 16.5. The van der Waals surface area contributed by atoms with Gasteiger partial charge in [-0.2, -0.15) is 9.97 Å². The standard InChI is InChI=1S/C12H16N4O2/c1-7(2)11-13-9(17-15-11)5-6-10-14-12(16-18-10)8-3-4-8/h7-8H,3-6H2,1-2H3. The van der Waals surface area contributed by atoms with Gasteiger partial charge in [-0.05, 0) is 12.8 Å². The molecule has 0 amide bonds. The highest BCUT2D eigenvalue weighted by molar-refractivity contribution is 5.03. The summed E-state index contributed by atoms with van der Waals surface area (Å²) in [5.74, 6) is 3.68. The molecule has 18 heavy (non-hydrogen) atoms. The van der Waals surface area contributed by atoms with Gasteiger partial charge in [-0.15, -0.1) is 0 Å². The van der Waals surface area contributed by atoms with Crippen molar-refractivity contribution in [2.45, 2.75) is 51.4 Å². The minimum absolute atomic E-state index is 0.285. The second kappa shape index (κ2) is 4.51. The molecular formula is C12H16N4O2. The molecule has 1 saturated carbocycles. The molecule has 0 unspecified atom stereocenters. The molecule has 0 aromatic carbocycles. The Kier molecular flexibility index (Phi) is 2.85. The molecule has 3 rings (SSSR count). The number of nitrogens with zero attached hydrogens (tertiary/aromatic N) is 4. The van der Waals surface area contributed by atoms with Gasteiger partial charge in [-0.3, -0.25) is 0 Å². The van der Waals surface area contributed by atoms with Crippen molar-refractivity contribution in [1.82, 2.24) is 20.3 Å². The van der Waals surface area contributed by atoms with E-state index in [0.29, 0.717) is 30.5 Å². The predicted octanol–water partition coefficient (Wildman–Crippen LogP) is 2.24. The molecule has 1 aliphatic rings. The first kappa shape index (κ1) is 11.4. The van der Waals surface area contributed by atoms with Crippen LogP contribution < -0.4 is 0 Å². The molecule has 6 heteroatoms. The Morgan fingerprint density at radius 1 is 1.06 bits per heavy atom. The molecule has 2 aromatic heterocycles. The van der Waals surface area contributed by atoms with E-state index in [4.69, 9.17) is 9.05 Å². The molecule has 6 nitrogen and oxygen atoms in total. The lowest BCUT2D eigenvalue weighted by Gasteiger charge is -1.92. The minimum Gasteiger partial charge on any atom is -0.339 e. The van der Waals surface area contributed by atoms with Crippen molar-refractivity contribution in [3.63, 3.8) is 0 Å². The third kappa shape index (κ3) is 2.42. The van der Waals surface area contributed by atoms with E-state index in [9.17, 15) is 0 Å². The smallest absolute Gasteiger partial charge is 0.227 e. The molecule has 0 atom stereocenters. The van der Waals surface area contributed by atoms with Crippen LogP contribution in [0.25, 0.3) is 0 Å². The van der Waals surface area contributed by atoms with Gasteiger partial charge >= 0.3 is 0 Å². The minimum atomic E-state index is 0.285. The van der Waals surface area contributed by atoms with E-state index in [-0.39, 0.29) is 5.92 Å². The summed E-state index contributed by atoms with van der Waals surface area (Å²) in [5, 5.41) is 7.89. The molecule has 0 spiro atoms. The van der Waals surface area contributed by atoms with Crippen LogP contribution in [0.2, 0.25) is 0 Å². The van der Waals surface area contributed by atoms with Gasteiger partial charge in [-0.1, -0.05) is 24.2 Å². The Bertz CT molecular complexity index is 487. The molecule has 0 bridgehead atoms. The zero-order valence-electron chi connectivity index (χ0n) is 10.6. The fourth-order valence-corrected chi connectivity index (χ4v) is 1.69. The van der Waals surface area contributed by atoms with Gasteiger partial charge in [0, 0.05) is 24.7 Å². The Morgan fingerprint density at radius 3 is 2.33 bits per heavy atom. The lowest BCUT2D eigenvalue weighted by molar-refractivity contribution is 0.349. The Hall–Kier alpha value is -1.72. The molecule has 0 aliphatic heterocycles. The van der Waals surface area contributed by atoms with Crippen LogP contribution in [-0.2, 0) is 12.8 Å². The maximum Gasteiger partial charge on any atom is 0.227 e. The van der Waals surface area contributed by atoms with Gasteiger partial charge in [0.25, 0.3) is 0 Å². The van der Waals surface area contributed by atoms with E-state index >= 15 is 0 Å². The van der Waals surface area contributed by atoms with E-state index in [1.165, 1.54) is 12.8 Å². The normalized spacial score (nSPS) is 15.5. The number of hydrogen-bond acceptors (Lipinski definition) is 6. The lowest BCUT2D eigenvalue weighted by Crippen LogP contribution is -1.94. The number of rotatable bonds is 5. The topological polar surface area (TPSA) is 77.8 Å². The second-order valence-electron chi connectivity index (χ2n) is 5.02. The van der Waals surface area contributed by atoms with Gasteiger partial charge in [0.1, 0.15) is 0 Å². The summed E-state index contributed by atoms with van der Waals surface area (Å²) in [6.45, 7) is 4.07. The molecule has 0 radical (unpaired) electrons. The van der Waals surface area contributed by atoms with Crippen LogP contribution in [-0.4, -0.2) is 20.3 Å². The van der Waals surface area contributed by atoms with Crippen molar-refractivity contribution >= 4 is 0 Å². The highest BCUT2D eigenvalue weighted by Gasteiger charge is 2.28. The third-order valence-electron chi connectivity index (χ3n) is 2.98. The maximum atomic E-state index is 5.19. The molecule has 96 valence electrons. The summed E-state index contributed by atoms with van der Waals surface area (Å²) >= 11 is 0. The van der Waals surface area contributed by atoms with Crippen LogP contribution in [0.4, 0.5) is 0 Å². The van der Waals surface area contributed by atoms with Crippen LogP contribution in [0.15, 0.2) is 9.05 Å². The van der Waals surface area contributed by atoms with Crippen molar-refractivity contribution in [2.24, 2.45) is 0 Å². The SMILES string of the molecule is CC(C)c1noc(CCc2nc(C3CC3)no2)n1. The molecule has 0 saturated heterocycles. The Labute approximate surface area is 105 Å². The fourth-order valence-electron chi connectivity index (χ4n) is 1.69. The van der Waals surface area contributed by atoms with Gasteiger partial charge in [0.2, 0.25) is 11.8 Å². The zero-order chi connectivity index (χ0) is 12.5. The lowest BCUT2D eigenvalue weighted by atomic mass is 10.2. The zero-order valence-corrected chi connectivity index (χ0v) is 10.6. The van der Waals surface area contributed by atoms with Gasteiger partial charge in [0.05, 0.1) is 0 Å². The third-order valence-corrected chi connectivity index (χ3v) is 2.98. The quantitative estimate of drug-likeness (QED) is 0.807. The molecule has 1 aliphatic carbocycles. The summed E-state index contributed by atoms with van der Waals surface area (Å²) in [4.78, 5) is 8.67. The Balaban J connectivity index is 1.58. The molecular weight excluding hydrogens is 232 g/mol. The van der Waals surface area contributed by atoms with Gasteiger partial charge < -0.3 is 9.05 Å². The average Bonchev–Trinajstić information content (AvgIpc) is 2.92. The van der Waals surface area contributed by atoms with Crippen LogP contribution in [0.5, 0.6) is 0 Å². The van der Waals surface area contributed by atoms with Crippen LogP contribution in [0.3, 0.4) is 0 Å². The van der Waals surface area contributed by atoms with Crippen molar-refractivity contribution < 1.29 is 9.05 Å². The summed E-state index contributed by atoms with van der Waals surface area (Å²) in [6.07, 6.45) is 3.66. The first-order valence-electron chi connectivity index (χ1n) is 6.37. The first-order chi connectivity index (χ1) is 8.72. The van der Waals surface area contributed by atoms with E-state index in [0.717, 1.165) is 11.6 Å². The average molecular weight is 248 g/mol. The summed E-state index contributed by atoms with van der Waals surface area (Å²) in [5.41, 5.74) is 0. The summed E-state index contributed by atoms with van der Waals surface area (Å²) < 4.78 is 10.4. The largest absolute Gasteiger partial charge is 0.339 e.